The van der Waals surface area contributed by atoms with Crippen LogP contribution in [0.25, 0.3) is 0 Å². The fourth-order valence-electron chi connectivity index (χ4n) is 1.91. The molecule has 0 saturated carbocycles. The highest BCUT2D eigenvalue weighted by atomic mass is 32.2. The number of hydrogen-bond acceptors (Lipinski definition) is 5. The number of pyridine rings is 1. The molecular weight excluding hydrogens is 238 g/mol. The molecule has 1 N–H and O–H groups in total. The minimum Gasteiger partial charge on any atom is -0.317 e. The molecule has 1 fully saturated rings. The minimum atomic E-state index is -3.40. The van der Waals surface area contributed by atoms with Crippen LogP contribution in [0.15, 0.2) is 23.4 Å². The van der Waals surface area contributed by atoms with Crippen molar-refractivity contribution in [3.05, 3.63) is 23.9 Å². The van der Waals surface area contributed by atoms with Crippen LogP contribution in [-0.2, 0) is 9.84 Å². The van der Waals surface area contributed by atoms with Crippen LogP contribution in [0.3, 0.4) is 0 Å². The molecule has 1 saturated heterocycles. The first-order valence-corrected chi connectivity index (χ1v) is 7.00. The largest absolute Gasteiger partial charge is 0.317 e. The summed E-state index contributed by atoms with van der Waals surface area (Å²) in [5.74, 6) is 0. The van der Waals surface area contributed by atoms with Gasteiger partial charge in [-0.25, -0.2) is 13.4 Å². The number of sulfone groups is 1. The van der Waals surface area contributed by atoms with E-state index in [1.165, 1.54) is 18.3 Å². The third-order valence-corrected chi connectivity index (χ3v) is 5.04. The molecule has 1 aromatic rings. The first-order valence-electron chi connectivity index (χ1n) is 5.45. The molecule has 17 heavy (non-hydrogen) atoms. The van der Waals surface area contributed by atoms with Gasteiger partial charge in [-0.15, -0.1) is 0 Å². The van der Waals surface area contributed by atoms with Crippen molar-refractivity contribution >= 4 is 9.84 Å². The number of nitriles is 1. The first kappa shape index (κ1) is 12.0. The second kappa shape index (κ2) is 4.82. The molecule has 2 rings (SSSR count). The van der Waals surface area contributed by atoms with Crippen molar-refractivity contribution in [2.24, 2.45) is 0 Å². The molecule has 0 radical (unpaired) electrons. The number of hydrogen-bond donors (Lipinski definition) is 1. The molecule has 1 aliphatic rings. The van der Waals surface area contributed by atoms with Crippen LogP contribution in [0, 0.1) is 11.3 Å². The van der Waals surface area contributed by atoms with Gasteiger partial charge < -0.3 is 5.32 Å². The van der Waals surface area contributed by atoms with Crippen molar-refractivity contribution in [1.29, 1.82) is 5.26 Å². The van der Waals surface area contributed by atoms with Gasteiger partial charge in [0.05, 0.1) is 16.9 Å². The zero-order valence-electron chi connectivity index (χ0n) is 9.26. The van der Waals surface area contributed by atoms with E-state index in [1.807, 2.05) is 6.07 Å². The summed E-state index contributed by atoms with van der Waals surface area (Å²) >= 11 is 0. The molecule has 2 heterocycles. The van der Waals surface area contributed by atoms with E-state index >= 15 is 0 Å². The average Bonchev–Trinajstić information content (AvgIpc) is 2.40. The third-order valence-electron chi connectivity index (χ3n) is 2.88. The van der Waals surface area contributed by atoms with Crippen molar-refractivity contribution in [2.75, 3.05) is 13.1 Å². The van der Waals surface area contributed by atoms with Crippen molar-refractivity contribution < 1.29 is 8.42 Å². The number of piperidine rings is 1. The fourth-order valence-corrected chi connectivity index (χ4v) is 3.61. The van der Waals surface area contributed by atoms with E-state index in [1.54, 1.807) is 0 Å². The van der Waals surface area contributed by atoms with E-state index in [9.17, 15) is 8.42 Å². The number of aromatic nitrogens is 1. The van der Waals surface area contributed by atoms with Gasteiger partial charge in [0.25, 0.3) is 0 Å². The molecule has 5 nitrogen and oxygen atoms in total. The van der Waals surface area contributed by atoms with Crippen LogP contribution >= 0.6 is 0 Å². The van der Waals surface area contributed by atoms with Crippen LogP contribution in [0.5, 0.6) is 0 Å². The predicted molar refractivity (Wildman–Crippen MR) is 62.0 cm³/mol. The molecule has 1 aromatic heterocycles. The van der Waals surface area contributed by atoms with Crippen LogP contribution < -0.4 is 5.32 Å². The zero-order chi connectivity index (χ0) is 12.3. The molecule has 0 bridgehead atoms. The highest BCUT2D eigenvalue weighted by Gasteiger charge is 2.29. The van der Waals surface area contributed by atoms with E-state index in [4.69, 9.17) is 5.26 Å². The summed E-state index contributed by atoms with van der Waals surface area (Å²) in [7, 11) is -3.40. The highest BCUT2D eigenvalue weighted by molar-refractivity contribution is 7.92. The average molecular weight is 251 g/mol. The Morgan fingerprint density at radius 1 is 1.41 bits per heavy atom. The summed E-state index contributed by atoms with van der Waals surface area (Å²) in [6, 6.07) is 4.77. The quantitative estimate of drug-likeness (QED) is 0.826. The van der Waals surface area contributed by atoms with Gasteiger partial charge in [-0.1, -0.05) is 0 Å². The fraction of sp³-hybridized carbons (Fsp3) is 0.455. The van der Waals surface area contributed by atoms with Gasteiger partial charge in [-0.2, -0.15) is 5.26 Å². The van der Waals surface area contributed by atoms with Gasteiger partial charge in [-0.05, 0) is 38.1 Å². The van der Waals surface area contributed by atoms with E-state index in [0.717, 1.165) is 0 Å². The molecule has 0 atom stereocenters. The maximum Gasteiger partial charge on any atom is 0.198 e. The van der Waals surface area contributed by atoms with E-state index in [-0.39, 0.29) is 10.3 Å². The Morgan fingerprint density at radius 3 is 2.76 bits per heavy atom. The van der Waals surface area contributed by atoms with Crippen molar-refractivity contribution in [3.63, 3.8) is 0 Å². The Labute approximate surface area is 100 Å². The number of rotatable bonds is 2. The molecule has 90 valence electrons. The SMILES string of the molecule is N#Cc1ccnc(S(=O)(=O)C2CCNCC2)c1. The maximum absolute atomic E-state index is 12.3. The highest BCUT2D eigenvalue weighted by Crippen LogP contribution is 2.21. The number of nitrogens with one attached hydrogen (secondary N) is 1. The lowest BCUT2D eigenvalue weighted by molar-refractivity contribution is 0.494. The standard InChI is InChI=1S/C11H13N3O2S/c12-8-9-1-6-14-11(7-9)17(15,16)10-2-4-13-5-3-10/h1,6-7,10,13H,2-5H2. The van der Waals surface area contributed by atoms with E-state index < -0.39 is 9.84 Å². The second-order valence-electron chi connectivity index (χ2n) is 3.99. The lowest BCUT2D eigenvalue weighted by Gasteiger charge is -2.22. The summed E-state index contributed by atoms with van der Waals surface area (Å²) in [5.41, 5.74) is 0.326. The molecule has 0 spiro atoms. The Bertz CT molecular complexity index is 542. The van der Waals surface area contributed by atoms with Gasteiger partial charge in [0, 0.05) is 6.20 Å². The summed E-state index contributed by atoms with van der Waals surface area (Å²) < 4.78 is 24.5. The van der Waals surface area contributed by atoms with Crippen LogP contribution in [0.2, 0.25) is 0 Å². The number of nitrogens with zero attached hydrogens (tertiary/aromatic N) is 2. The van der Waals surface area contributed by atoms with Crippen LogP contribution in [0.1, 0.15) is 18.4 Å². The third kappa shape index (κ3) is 2.46. The summed E-state index contributed by atoms with van der Waals surface area (Å²) in [5, 5.41) is 11.5. The minimum absolute atomic E-state index is 0.0171. The monoisotopic (exact) mass is 251 g/mol. The molecule has 6 heteroatoms. The normalized spacial score (nSPS) is 17.6. The Morgan fingerprint density at radius 2 is 2.12 bits per heavy atom. The van der Waals surface area contributed by atoms with Gasteiger partial charge in [0.1, 0.15) is 0 Å². The zero-order valence-corrected chi connectivity index (χ0v) is 10.1. The van der Waals surface area contributed by atoms with Gasteiger partial charge in [0.15, 0.2) is 14.9 Å². The van der Waals surface area contributed by atoms with Crippen LogP contribution in [0.4, 0.5) is 0 Å². The Hall–Kier alpha value is -1.45. The van der Waals surface area contributed by atoms with E-state index in [0.29, 0.717) is 31.5 Å². The Balaban J connectivity index is 2.34. The van der Waals surface area contributed by atoms with Gasteiger partial charge >= 0.3 is 0 Å². The van der Waals surface area contributed by atoms with Gasteiger partial charge in [0.2, 0.25) is 0 Å². The van der Waals surface area contributed by atoms with Gasteiger partial charge in [-0.3, -0.25) is 0 Å². The molecule has 1 aliphatic heterocycles. The van der Waals surface area contributed by atoms with Crippen molar-refractivity contribution in [3.8, 4) is 6.07 Å². The molecule has 0 unspecified atom stereocenters. The molecular formula is C11H13N3O2S. The maximum atomic E-state index is 12.3. The summed E-state index contributed by atoms with van der Waals surface area (Å²) in [6.07, 6.45) is 2.56. The molecule has 0 aromatic carbocycles. The van der Waals surface area contributed by atoms with E-state index in [2.05, 4.69) is 10.3 Å². The summed E-state index contributed by atoms with van der Waals surface area (Å²) in [6.45, 7) is 1.42. The smallest absolute Gasteiger partial charge is 0.198 e. The lowest BCUT2D eigenvalue weighted by Crippen LogP contribution is -2.36. The first-order chi connectivity index (χ1) is 8.14. The molecule has 0 aliphatic carbocycles. The second-order valence-corrected chi connectivity index (χ2v) is 6.16. The van der Waals surface area contributed by atoms with Crippen molar-refractivity contribution in [2.45, 2.75) is 23.1 Å². The predicted octanol–water partition coefficient (Wildman–Crippen LogP) is 0.479. The topological polar surface area (TPSA) is 82.8 Å². The van der Waals surface area contributed by atoms with Crippen molar-refractivity contribution in [1.82, 2.24) is 10.3 Å². The molecule has 0 amide bonds. The lowest BCUT2D eigenvalue weighted by atomic mass is 10.2. The summed E-state index contributed by atoms with van der Waals surface area (Å²) in [4.78, 5) is 3.87. The Kier molecular flexibility index (Phi) is 3.41. The van der Waals surface area contributed by atoms with Crippen LogP contribution in [-0.4, -0.2) is 31.7 Å².